The van der Waals surface area contributed by atoms with Crippen molar-refractivity contribution in [3.8, 4) is 0 Å². The molecule has 0 spiro atoms. The smallest absolute Gasteiger partial charge is 0.255 e. The van der Waals surface area contributed by atoms with Gasteiger partial charge in [-0.2, -0.15) is 5.10 Å². The molecule has 1 atom stereocenters. The molecule has 2 N–H and O–H groups in total. The van der Waals surface area contributed by atoms with E-state index >= 15 is 0 Å². The number of rotatable bonds is 5. The molecule has 0 aromatic carbocycles. The molecule has 1 aromatic rings. The Kier molecular flexibility index (Phi) is 6.67. The van der Waals surface area contributed by atoms with E-state index < -0.39 is 24.9 Å². The molecule has 17 heavy (non-hydrogen) atoms. The molecule has 8 heteroatoms. The first kappa shape index (κ1) is 15.8. The summed E-state index contributed by atoms with van der Waals surface area (Å²) in [6.45, 7) is -0.642. The molecule has 1 rings (SSSR count). The van der Waals surface area contributed by atoms with Gasteiger partial charge in [-0.05, 0) is 7.05 Å². The average molecular weight is 269 g/mol. The summed E-state index contributed by atoms with van der Waals surface area (Å²) in [5.41, 5.74) is 0.636. The molecule has 1 unspecified atom stereocenters. The van der Waals surface area contributed by atoms with Crippen LogP contribution >= 0.6 is 12.4 Å². The number of nitrogens with zero attached hydrogens (tertiary/aromatic N) is 2. The number of halogens is 3. The second-order valence-corrected chi connectivity index (χ2v) is 3.31. The third kappa shape index (κ3) is 4.66. The normalized spacial score (nSPS) is 12.1. The largest absolute Gasteiger partial charge is 0.349 e. The Morgan fingerprint density at radius 3 is 2.65 bits per heavy atom. The van der Waals surface area contributed by atoms with Crippen LogP contribution in [0, 0.1) is 0 Å². The van der Waals surface area contributed by atoms with Gasteiger partial charge in [-0.3, -0.25) is 9.48 Å². The number of hydrogen-bond acceptors (Lipinski definition) is 3. The molecule has 0 bridgehead atoms. The maximum absolute atomic E-state index is 11.9. The monoisotopic (exact) mass is 268 g/mol. The Bertz CT molecular complexity index is 359. The van der Waals surface area contributed by atoms with Crippen LogP contribution in [0.1, 0.15) is 11.6 Å². The molecule has 0 aliphatic carbocycles. The molecule has 0 radical (unpaired) electrons. The van der Waals surface area contributed by atoms with E-state index in [0.717, 1.165) is 0 Å². The standard InChI is InChI=1S/C9H14F2N4O.ClH/c1-12-8(6-3-14-15(2)5-6)9(16)13-4-7(10)11;/h3,5,7-8,12H,4H2,1-2H3,(H,13,16);1H. The Hall–Kier alpha value is -1.21. The summed E-state index contributed by atoms with van der Waals surface area (Å²) in [7, 11) is 3.30. The summed E-state index contributed by atoms with van der Waals surface area (Å²) in [5, 5.41) is 8.81. The second-order valence-electron chi connectivity index (χ2n) is 3.31. The van der Waals surface area contributed by atoms with Gasteiger partial charge in [-0.15, -0.1) is 12.4 Å². The van der Waals surface area contributed by atoms with Gasteiger partial charge in [-0.1, -0.05) is 0 Å². The third-order valence-electron chi connectivity index (χ3n) is 2.04. The fourth-order valence-corrected chi connectivity index (χ4v) is 1.32. The van der Waals surface area contributed by atoms with Gasteiger partial charge in [0.15, 0.2) is 0 Å². The summed E-state index contributed by atoms with van der Waals surface area (Å²) in [4.78, 5) is 11.5. The molecule has 1 aromatic heterocycles. The van der Waals surface area contributed by atoms with Gasteiger partial charge >= 0.3 is 0 Å². The van der Waals surface area contributed by atoms with E-state index in [0.29, 0.717) is 5.56 Å². The maximum atomic E-state index is 11.9. The first-order chi connectivity index (χ1) is 7.54. The Balaban J connectivity index is 0.00000256. The molecule has 98 valence electrons. The first-order valence-electron chi connectivity index (χ1n) is 4.76. The number of likely N-dealkylation sites (N-methyl/N-ethyl adjacent to an activating group) is 1. The van der Waals surface area contributed by atoms with Crippen molar-refractivity contribution < 1.29 is 13.6 Å². The molecule has 0 fully saturated rings. The van der Waals surface area contributed by atoms with Crippen LogP contribution in [0.2, 0.25) is 0 Å². The first-order valence-corrected chi connectivity index (χ1v) is 4.76. The van der Waals surface area contributed by atoms with Crippen LogP contribution in [0.15, 0.2) is 12.4 Å². The maximum Gasteiger partial charge on any atom is 0.255 e. The number of aryl methyl sites for hydroxylation is 1. The minimum atomic E-state index is -2.55. The number of hydrogen-bond donors (Lipinski definition) is 2. The van der Waals surface area contributed by atoms with Crippen molar-refractivity contribution in [2.45, 2.75) is 12.5 Å². The van der Waals surface area contributed by atoms with Crippen molar-refractivity contribution in [2.24, 2.45) is 7.05 Å². The van der Waals surface area contributed by atoms with Crippen LogP contribution in [-0.4, -0.2) is 35.7 Å². The van der Waals surface area contributed by atoms with Crippen LogP contribution < -0.4 is 10.6 Å². The van der Waals surface area contributed by atoms with Crippen LogP contribution in [0.5, 0.6) is 0 Å². The lowest BCUT2D eigenvalue weighted by molar-refractivity contribution is -0.123. The predicted octanol–water partition coefficient (Wildman–Crippen LogP) is 0.484. The lowest BCUT2D eigenvalue weighted by Gasteiger charge is -2.14. The lowest BCUT2D eigenvalue weighted by Crippen LogP contribution is -2.38. The van der Waals surface area contributed by atoms with Crippen molar-refractivity contribution in [1.82, 2.24) is 20.4 Å². The number of alkyl halides is 2. The minimum Gasteiger partial charge on any atom is -0.349 e. The van der Waals surface area contributed by atoms with E-state index in [1.807, 2.05) is 0 Å². The van der Waals surface area contributed by atoms with Crippen molar-refractivity contribution in [2.75, 3.05) is 13.6 Å². The van der Waals surface area contributed by atoms with Crippen LogP contribution in [-0.2, 0) is 11.8 Å². The second kappa shape index (κ2) is 7.18. The third-order valence-corrected chi connectivity index (χ3v) is 2.04. The highest BCUT2D eigenvalue weighted by atomic mass is 35.5. The minimum absolute atomic E-state index is 0. The molecule has 0 aliphatic rings. The van der Waals surface area contributed by atoms with Crippen molar-refractivity contribution in [3.63, 3.8) is 0 Å². The molecule has 1 heterocycles. The molecular weight excluding hydrogens is 254 g/mol. The van der Waals surface area contributed by atoms with Crippen molar-refractivity contribution in [3.05, 3.63) is 18.0 Å². The molecule has 0 aliphatic heterocycles. The van der Waals surface area contributed by atoms with E-state index in [1.54, 1.807) is 25.0 Å². The summed E-state index contributed by atoms with van der Waals surface area (Å²) in [5.74, 6) is -0.490. The van der Waals surface area contributed by atoms with E-state index in [-0.39, 0.29) is 12.4 Å². The lowest BCUT2D eigenvalue weighted by atomic mass is 10.1. The van der Waals surface area contributed by atoms with E-state index in [4.69, 9.17) is 0 Å². The molecule has 1 amide bonds. The Morgan fingerprint density at radius 1 is 1.59 bits per heavy atom. The van der Waals surface area contributed by atoms with Gasteiger partial charge in [0.25, 0.3) is 6.43 Å². The van der Waals surface area contributed by atoms with Crippen molar-refractivity contribution >= 4 is 18.3 Å². The Morgan fingerprint density at radius 2 is 2.24 bits per heavy atom. The van der Waals surface area contributed by atoms with Gasteiger partial charge in [0.05, 0.1) is 12.7 Å². The van der Waals surface area contributed by atoms with E-state index in [1.165, 1.54) is 6.20 Å². The topological polar surface area (TPSA) is 59.0 Å². The summed E-state index contributed by atoms with van der Waals surface area (Å²) < 4.78 is 25.4. The van der Waals surface area contributed by atoms with Gasteiger partial charge in [-0.25, -0.2) is 8.78 Å². The van der Waals surface area contributed by atoms with E-state index in [2.05, 4.69) is 15.7 Å². The van der Waals surface area contributed by atoms with Crippen LogP contribution in [0.4, 0.5) is 8.78 Å². The predicted molar refractivity (Wildman–Crippen MR) is 61.3 cm³/mol. The number of amides is 1. The van der Waals surface area contributed by atoms with Gasteiger partial charge in [0, 0.05) is 18.8 Å². The van der Waals surface area contributed by atoms with Gasteiger partial charge in [0.2, 0.25) is 5.91 Å². The zero-order chi connectivity index (χ0) is 12.1. The fourth-order valence-electron chi connectivity index (χ4n) is 1.32. The molecule has 0 saturated heterocycles. The van der Waals surface area contributed by atoms with Crippen LogP contribution in [0.3, 0.4) is 0 Å². The summed E-state index contributed by atoms with van der Waals surface area (Å²) in [6, 6.07) is -0.660. The SMILES string of the molecule is CNC(C(=O)NCC(F)F)c1cnn(C)c1.Cl. The quantitative estimate of drug-likeness (QED) is 0.817. The highest BCUT2D eigenvalue weighted by Gasteiger charge is 2.20. The number of aromatic nitrogens is 2. The van der Waals surface area contributed by atoms with Crippen LogP contribution in [0.25, 0.3) is 0 Å². The fraction of sp³-hybridized carbons (Fsp3) is 0.556. The number of carbonyl (C=O) groups is 1. The Labute approximate surface area is 104 Å². The average Bonchev–Trinajstić information content (AvgIpc) is 2.63. The summed E-state index contributed by atoms with van der Waals surface area (Å²) >= 11 is 0. The van der Waals surface area contributed by atoms with E-state index in [9.17, 15) is 13.6 Å². The molecular formula is C9H15ClF2N4O. The van der Waals surface area contributed by atoms with Gasteiger partial charge < -0.3 is 10.6 Å². The highest BCUT2D eigenvalue weighted by Crippen LogP contribution is 2.10. The van der Waals surface area contributed by atoms with Crippen molar-refractivity contribution in [1.29, 1.82) is 0 Å². The number of carbonyl (C=O) groups excluding carboxylic acids is 1. The number of nitrogens with one attached hydrogen (secondary N) is 2. The highest BCUT2D eigenvalue weighted by molar-refractivity contribution is 5.85. The zero-order valence-corrected chi connectivity index (χ0v) is 10.3. The molecule has 5 nitrogen and oxygen atoms in total. The molecule has 0 saturated carbocycles. The summed E-state index contributed by atoms with van der Waals surface area (Å²) in [6.07, 6.45) is 0.627. The van der Waals surface area contributed by atoms with Gasteiger partial charge in [0.1, 0.15) is 6.04 Å². The zero-order valence-electron chi connectivity index (χ0n) is 9.48.